The summed E-state index contributed by atoms with van der Waals surface area (Å²) in [5.74, 6) is 0.697. The molecule has 2 amide bonds. The minimum atomic E-state index is -0.606. The Kier molecular flexibility index (Phi) is 7.38. The van der Waals surface area contributed by atoms with E-state index in [1.165, 1.54) is 0 Å². The van der Waals surface area contributed by atoms with E-state index in [1.54, 1.807) is 23.1 Å². The van der Waals surface area contributed by atoms with Gasteiger partial charge in [0.25, 0.3) is 11.8 Å². The maximum absolute atomic E-state index is 13.6. The number of benzene rings is 1. The average Bonchev–Trinajstić information content (AvgIpc) is 3.26. The lowest BCUT2D eigenvalue weighted by atomic mass is 9.97. The van der Waals surface area contributed by atoms with Crippen LogP contribution in [-0.4, -0.2) is 53.3 Å². The third-order valence-corrected chi connectivity index (χ3v) is 5.13. The zero-order valence-electron chi connectivity index (χ0n) is 18.3. The molecular weight excluding hydrogens is 400 g/mol. The highest BCUT2D eigenvalue weighted by Gasteiger charge is 2.31. The fourth-order valence-electron chi connectivity index (χ4n) is 3.81. The molecule has 0 saturated carbocycles. The number of H-pyrrole nitrogens is 1. The monoisotopic (exact) mass is 430 g/mol. The molecule has 0 bridgehead atoms. The Morgan fingerprint density at radius 3 is 2.26 bits per heavy atom. The maximum atomic E-state index is 13.6. The van der Waals surface area contributed by atoms with Gasteiger partial charge in [-0.15, -0.1) is 0 Å². The third kappa shape index (κ3) is 4.92. The van der Waals surface area contributed by atoms with Crippen LogP contribution in [0.2, 0.25) is 0 Å². The highest BCUT2D eigenvalue weighted by atomic mass is 16.5. The van der Waals surface area contributed by atoms with Crippen LogP contribution < -0.4 is 19.9 Å². The van der Waals surface area contributed by atoms with Crippen molar-refractivity contribution in [3.05, 3.63) is 35.2 Å². The summed E-state index contributed by atoms with van der Waals surface area (Å²) in [7, 11) is 0. The summed E-state index contributed by atoms with van der Waals surface area (Å²) in [6.45, 7) is 7.53. The summed E-state index contributed by atoms with van der Waals surface area (Å²) in [5.41, 5.74) is 6.64. The van der Waals surface area contributed by atoms with Crippen LogP contribution in [-0.2, 0) is 0 Å². The van der Waals surface area contributed by atoms with E-state index >= 15 is 0 Å². The molecule has 1 aliphatic rings. The number of carbonyl (C=O) groups is 2. The standard InChI is InChI=1S/C22H30N4O5/c1-4-29-18-11-14(12-19(30-5-2)20(18)31-6-3)22(28)26-10-8-7-9-17(26)15-13-16(21(23)27)25-24-15/h11-13,17H,4-10H2,1-3H3,(H2,23,27)(H,24,25). The molecule has 1 aromatic heterocycles. The normalized spacial score (nSPS) is 16.1. The van der Waals surface area contributed by atoms with Gasteiger partial charge in [0.05, 0.1) is 31.6 Å². The molecule has 1 unspecified atom stereocenters. The number of ether oxygens (including phenoxy) is 3. The number of hydrogen-bond donors (Lipinski definition) is 2. The van der Waals surface area contributed by atoms with Crippen LogP contribution in [0.3, 0.4) is 0 Å². The van der Waals surface area contributed by atoms with Crippen LogP contribution in [0.25, 0.3) is 0 Å². The number of nitrogens with one attached hydrogen (secondary N) is 1. The number of nitrogens with zero attached hydrogens (tertiary/aromatic N) is 2. The zero-order valence-corrected chi connectivity index (χ0v) is 18.3. The minimum Gasteiger partial charge on any atom is -0.490 e. The van der Waals surface area contributed by atoms with Crippen LogP contribution in [0, 0.1) is 0 Å². The molecular formula is C22H30N4O5. The number of amides is 2. The molecule has 1 fully saturated rings. The quantitative estimate of drug-likeness (QED) is 0.631. The van der Waals surface area contributed by atoms with E-state index in [-0.39, 0.29) is 17.6 Å². The maximum Gasteiger partial charge on any atom is 0.269 e. The Hall–Kier alpha value is -3.23. The van der Waals surface area contributed by atoms with Crippen LogP contribution in [0.15, 0.2) is 18.2 Å². The van der Waals surface area contributed by atoms with Gasteiger partial charge < -0.3 is 24.8 Å². The summed E-state index contributed by atoms with van der Waals surface area (Å²) in [5, 5.41) is 6.84. The number of primary amides is 1. The first-order valence-corrected chi connectivity index (χ1v) is 10.7. The Balaban J connectivity index is 1.97. The first-order valence-electron chi connectivity index (χ1n) is 10.7. The second-order valence-electron chi connectivity index (χ2n) is 7.18. The van der Waals surface area contributed by atoms with Crippen molar-refractivity contribution in [1.82, 2.24) is 15.1 Å². The van der Waals surface area contributed by atoms with E-state index in [1.807, 2.05) is 20.8 Å². The molecule has 1 aliphatic heterocycles. The second-order valence-corrected chi connectivity index (χ2v) is 7.18. The molecule has 9 heteroatoms. The first kappa shape index (κ1) is 22.5. The molecule has 1 saturated heterocycles. The highest BCUT2D eigenvalue weighted by molar-refractivity contribution is 5.96. The van der Waals surface area contributed by atoms with E-state index in [0.29, 0.717) is 54.9 Å². The predicted molar refractivity (Wildman–Crippen MR) is 115 cm³/mol. The van der Waals surface area contributed by atoms with Crippen LogP contribution in [0.5, 0.6) is 17.2 Å². The number of hydrogen-bond acceptors (Lipinski definition) is 6. The molecule has 0 spiro atoms. The molecule has 0 aliphatic carbocycles. The van der Waals surface area contributed by atoms with Gasteiger partial charge in [-0.1, -0.05) is 0 Å². The van der Waals surface area contributed by atoms with E-state index < -0.39 is 5.91 Å². The molecule has 3 rings (SSSR count). The Morgan fingerprint density at radius 2 is 1.71 bits per heavy atom. The van der Waals surface area contributed by atoms with Gasteiger partial charge in [0, 0.05) is 12.1 Å². The molecule has 3 N–H and O–H groups in total. The van der Waals surface area contributed by atoms with E-state index in [9.17, 15) is 9.59 Å². The van der Waals surface area contributed by atoms with Crippen molar-refractivity contribution in [3.63, 3.8) is 0 Å². The fraction of sp³-hybridized carbons (Fsp3) is 0.500. The molecule has 9 nitrogen and oxygen atoms in total. The van der Waals surface area contributed by atoms with Crippen molar-refractivity contribution in [1.29, 1.82) is 0 Å². The van der Waals surface area contributed by atoms with Crippen LogP contribution in [0.4, 0.5) is 0 Å². The first-order chi connectivity index (χ1) is 15.0. The van der Waals surface area contributed by atoms with Gasteiger partial charge in [-0.25, -0.2) is 0 Å². The van der Waals surface area contributed by atoms with Gasteiger partial charge in [-0.05, 0) is 58.2 Å². The molecule has 0 radical (unpaired) electrons. The topological polar surface area (TPSA) is 120 Å². The number of carbonyl (C=O) groups excluding carboxylic acids is 2. The molecule has 2 aromatic rings. The van der Waals surface area contributed by atoms with Gasteiger partial charge in [0.1, 0.15) is 5.69 Å². The smallest absolute Gasteiger partial charge is 0.269 e. The zero-order chi connectivity index (χ0) is 22.4. The lowest BCUT2D eigenvalue weighted by Crippen LogP contribution is -2.38. The molecule has 168 valence electrons. The summed E-state index contributed by atoms with van der Waals surface area (Å²) >= 11 is 0. The number of rotatable bonds is 9. The fourth-order valence-corrected chi connectivity index (χ4v) is 3.81. The number of likely N-dealkylation sites (tertiary alicyclic amines) is 1. The van der Waals surface area contributed by atoms with Gasteiger partial charge >= 0.3 is 0 Å². The van der Waals surface area contributed by atoms with Crippen molar-refractivity contribution in [2.24, 2.45) is 5.73 Å². The Morgan fingerprint density at radius 1 is 1.06 bits per heavy atom. The van der Waals surface area contributed by atoms with Gasteiger partial charge in [-0.3, -0.25) is 14.7 Å². The summed E-state index contributed by atoms with van der Waals surface area (Å²) < 4.78 is 17.2. The van der Waals surface area contributed by atoms with Gasteiger partial charge in [0.2, 0.25) is 5.75 Å². The SMILES string of the molecule is CCOc1cc(C(=O)N2CCCCC2c2cc(C(N)=O)n[nH]2)cc(OCC)c1OCC. The lowest BCUT2D eigenvalue weighted by molar-refractivity contribution is 0.0605. The van der Waals surface area contributed by atoms with E-state index in [4.69, 9.17) is 19.9 Å². The molecule has 31 heavy (non-hydrogen) atoms. The number of aromatic nitrogens is 2. The minimum absolute atomic E-state index is 0.148. The predicted octanol–water partition coefficient (Wildman–Crippen LogP) is 3.07. The highest BCUT2D eigenvalue weighted by Crippen LogP contribution is 2.40. The Labute approximate surface area is 181 Å². The molecule has 1 aromatic carbocycles. The van der Waals surface area contributed by atoms with Crippen LogP contribution >= 0.6 is 0 Å². The molecule has 1 atom stereocenters. The second kappa shape index (κ2) is 10.2. The van der Waals surface area contributed by atoms with Crippen molar-refractivity contribution >= 4 is 11.8 Å². The van der Waals surface area contributed by atoms with E-state index in [0.717, 1.165) is 19.3 Å². The van der Waals surface area contributed by atoms with Crippen molar-refractivity contribution in [3.8, 4) is 17.2 Å². The van der Waals surface area contributed by atoms with E-state index in [2.05, 4.69) is 10.2 Å². The van der Waals surface area contributed by atoms with Crippen molar-refractivity contribution < 1.29 is 23.8 Å². The van der Waals surface area contributed by atoms with Gasteiger partial charge in [0.15, 0.2) is 11.5 Å². The summed E-state index contributed by atoms with van der Waals surface area (Å²) in [6, 6.07) is 4.80. The Bertz CT molecular complexity index is 899. The summed E-state index contributed by atoms with van der Waals surface area (Å²) in [6.07, 6.45) is 2.63. The average molecular weight is 431 g/mol. The van der Waals surface area contributed by atoms with Crippen molar-refractivity contribution in [2.45, 2.75) is 46.1 Å². The number of aromatic amines is 1. The number of nitrogens with two attached hydrogens (primary N) is 1. The summed E-state index contributed by atoms with van der Waals surface area (Å²) in [4.78, 5) is 26.8. The third-order valence-electron chi connectivity index (χ3n) is 5.13. The number of piperidine rings is 1. The van der Waals surface area contributed by atoms with Gasteiger partial charge in [-0.2, -0.15) is 5.10 Å². The lowest BCUT2D eigenvalue weighted by Gasteiger charge is -2.35. The van der Waals surface area contributed by atoms with Crippen LogP contribution in [0.1, 0.15) is 72.6 Å². The largest absolute Gasteiger partial charge is 0.490 e. The molecule has 2 heterocycles. The van der Waals surface area contributed by atoms with Crippen molar-refractivity contribution in [2.75, 3.05) is 26.4 Å².